The van der Waals surface area contributed by atoms with E-state index in [4.69, 9.17) is 0 Å². The van der Waals surface area contributed by atoms with Crippen molar-refractivity contribution in [1.29, 1.82) is 0 Å². The Kier molecular flexibility index (Phi) is 4.63. The van der Waals surface area contributed by atoms with Gasteiger partial charge < -0.3 is 15.5 Å². The van der Waals surface area contributed by atoms with Crippen molar-refractivity contribution < 1.29 is 18.4 Å². The van der Waals surface area contributed by atoms with Gasteiger partial charge in [-0.15, -0.1) is 0 Å². The first-order valence-electron chi connectivity index (χ1n) is 8.17. The second-order valence-corrected chi connectivity index (χ2v) is 6.56. The van der Waals surface area contributed by atoms with Crippen LogP contribution in [0.1, 0.15) is 12.8 Å². The van der Waals surface area contributed by atoms with Gasteiger partial charge in [-0.2, -0.15) is 0 Å². The van der Waals surface area contributed by atoms with Crippen LogP contribution in [0.4, 0.5) is 25.8 Å². The lowest BCUT2D eigenvalue weighted by Crippen LogP contribution is -2.35. The number of hydrogen-bond acceptors (Lipinski definition) is 3. The van der Waals surface area contributed by atoms with Gasteiger partial charge >= 0.3 is 0 Å². The van der Waals surface area contributed by atoms with Gasteiger partial charge in [0.15, 0.2) is 11.6 Å². The molecule has 0 aromatic heterocycles. The molecule has 1 aliphatic carbocycles. The summed E-state index contributed by atoms with van der Waals surface area (Å²) in [7, 11) is 3.82. The van der Waals surface area contributed by atoms with E-state index in [-0.39, 0.29) is 5.69 Å². The molecule has 0 unspecified atom stereocenters. The van der Waals surface area contributed by atoms with E-state index in [9.17, 15) is 18.4 Å². The predicted molar refractivity (Wildman–Crippen MR) is 96.1 cm³/mol. The molecule has 0 aliphatic heterocycles. The fraction of sp³-hybridized carbons (Fsp3) is 0.263. The Morgan fingerprint density at radius 2 is 1.42 bits per heavy atom. The van der Waals surface area contributed by atoms with Crippen LogP contribution >= 0.6 is 0 Å². The number of anilines is 3. The first kappa shape index (κ1) is 17.8. The summed E-state index contributed by atoms with van der Waals surface area (Å²) >= 11 is 0. The normalized spacial score (nSPS) is 14.5. The van der Waals surface area contributed by atoms with Crippen molar-refractivity contribution in [1.82, 2.24) is 0 Å². The summed E-state index contributed by atoms with van der Waals surface area (Å²) in [6.45, 7) is 0. The first-order valence-corrected chi connectivity index (χ1v) is 8.17. The second-order valence-electron chi connectivity index (χ2n) is 6.56. The number of nitrogens with one attached hydrogen (secondary N) is 2. The number of amides is 2. The summed E-state index contributed by atoms with van der Waals surface area (Å²) < 4.78 is 26.2. The average molecular weight is 359 g/mol. The number of carbonyl (C=O) groups is 2. The lowest BCUT2D eigenvalue weighted by molar-refractivity contribution is -0.131. The minimum Gasteiger partial charge on any atom is -0.378 e. The van der Waals surface area contributed by atoms with Crippen LogP contribution in [-0.2, 0) is 9.59 Å². The molecule has 5 nitrogen and oxygen atoms in total. The molecule has 26 heavy (non-hydrogen) atoms. The van der Waals surface area contributed by atoms with Crippen LogP contribution < -0.4 is 15.5 Å². The Labute approximate surface area is 150 Å². The molecule has 136 valence electrons. The highest BCUT2D eigenvalue weighted by Crippen LogP contribution is 2.47. The number of rotatable bonds is 5. The van der Waals surface area contributed by atoms with E-state index in [1.54, 1.807) is 12.1 Å². The molecule has 0 bridgehead atoms. The monoisotopic (exact) mass is 359 g/mol. The lowest BCUT2D eigenvalue weighted by Gasteiger charge is -2.17. The van der Waals surface area contributed by atoms with Crippen LogP contribution in [0.2, 0.25) is 0 Å². The molecule has 1 saturated carbocycles. The van der Waals surface area contributed by atoms with Crippen molar-refractivity contribution in [3.8, 4) is 0 Å². The zero-order valence-electron chi connectivity index (χ0n) is 14.5. The molecule has 2 aromatic carbocycles. The van der Waals surface area contributed by atoms with E-state index in [2.05, 4.69) is 10.6 Å². The number of halogens is 2. The van der Waals surface area contributed by atoms with Crippen molar-refractivity contribution >= 4 is 28.9 Å². The van der Waals surface area contributed by atoms with E-state index in [0.29, 0.717) is 18.5 Å². The number of carbonyl (C=O) groups excluding carboxylic acids is 2. The van der Waals surface area contributed by atoms with Gasteiger partial charge in [0.2, 0.25) is 11.8 Å². The highest BCUT2D eigenvalue weighted by atomic mass is 19.2. The van der Waals surface area contributed by atoms with E-state index in [0.717, 1.165) is 17.8 Å². The molecule has 2 aromatic rings. The lowest BCUT2D eigenvalue weighted by atomic mass is 10.0. The summed E-state index contributed by atoms with van der Waals surface area (Å²) in [6.07, 6.45) is 0.814. The maximum absolute atomic E-state index is 13.3. The molecule has 0 radical (unpaired) electrons. The van der Waals surface area contributed by atoms with Gasteiger partial charge in [-0.1, -0.05) is 0 Å². The van der Waals surface area contributed by atoms with E-state index >= 15 is 0 Å². The Hall–Kier alpha value is -2.96. The van der Waals surface area contributed by atoms with Gasteiger partial charge in [0, 0.05) is 37.2 Å². The van der Waals surface area contributed by atoms with Crippen LogP contribution in [0.3, 0.4) is 0 Å². The summed E-state index contributed by atoms with van der Waals surface area (Å²) in [5, 5.41) is 5.24. The minimum atomic E-state index is -1.18. The van der Waals surface area contributed by atoms with Gasteiger partial charge in [0.05, 0.1) is 0 Å². The van der Waals surface area contributed by atoms with Gasteiger partial charge in [-0.25, -0.2) is 8.78 Å². The van der Waals surface area contributed by atoms with Gasteiger partial charge in [0.1, 0.15) is 5.41 Å². The van der Waals surface area contributed by atoms with Gasteiger partial charge in [-0.3, -0.25) is 9.59 Å². The van der Waals surface area contributed by atoms with E-state index in [1.807, 2.05) is 31.1 Å². The van der Waals surface area contributed by atoms with Crippen molar-refractivity contribution in [2.45, 2.75) is 12.8 Å². The molecule has 2 amide bonds. The van der Waals surface area contributed by atoms with Crippen LogP contribution in [0, 0.1) is 17.0 Å². The maximum Gasteiger partial charge on any atom is 0.240 e. The fourth-order valence-electron chi connectivity index (χ4n) is 2.60. The molecule has 1 aliphatic rings. The molecule has 2 N–H and O–H groups in total. The SMILES string of the molecule is CN(C)c1ccc(NC(=O)C2(C(=O)Nc3ccc(F)c(F)c3)CC2)cc1. The molecular formula is C19H19F2N3O2. The molecule has 1 fully saturated rings. The quantitative estimate of drug-likeness (QED) is 0.805. The molecule has 0 saturated heterocycles. The molecule has 7 heteroatoms. The second kappa shape index (κ2) is 6.74. The standard InChI is InChI=1S/C19H19F2N3O2/c1-24(2)14-6-3-12(4-7-14)22-17(25)19(9-10-19)18(26)23-13-5-8-15(20)16(21)11-13/h3-8,11H,9-10H2,1-2H3,(H,22,25)(H,23,26). The summed E-state index contributed by atoms with van der Waals surface area (Å²) in [5.41, 5.74) is 0.515. The number of nitrogens with zero attached hydrogens (tertiary/aromatic N) is 1. The Morgan fingerprint density at radius 3 is 1.92 bits per heavy atom. The number of hydrogen-bond donors (Lipinski definition) is 2. The zero-order chi connectivity index (χ0) is 18.9. The third-order valence-electron chi connectivity index (χ3n) is 4.44. The summed E-state index contributed by atoms with van der Waals surface area (Å²) in [5.74, 6) is -2.98. The summed E-state index contributed by atoms with van der Waals surface area (Å²) in [4.78, 5) is 27.0. The molecule has 3 rings (SSSR count). The van der Waals surface area contributed by atoms with Crippen molar-refractivity contribution in [3.05, 3.63) is 54.1 Å². The van der Waals surface area contributed by atoms with Crippen LogP contribution in [0.5, 0.6) is 0 Å². The molecular weight excluding hydrogens is 340 g/mol. The predicted octanol–water partition coefficient (Wildman–Crippen LogP) is 3.39. The topological polar surface area (TPSA) is 61.4 Å². The summed E-state index contributed by atoms with van der Waals surface area (Å²) in [6, 6.07) is 10.3. The highest BCUT2D eigenvalue weighted by molar-refractivity contribution is 6.16. The van der Waals surface area contributed by atoms with Crippen LogP contribution in [0.15, 0.2) is 42.5 Å². The van der Waals surface area contributed by atoms with Gasteiger partial charge in [0.25, 0.3) is 0 Å². The van der Waals surface area contributed by atoms with Crippen LogP contribution in [0.25, 0.3) is 0 Å². The minimum absolute atomic E-state index is 0.114. The third-order valence-corrected chi connectivity index (χ3v) is 4.44. The average Bonchev–Trinajstić information content (AvgIpc) is 3.40. The van der Waals surface area contributed by atoms with Crippen LogP contribution in [-0.4, -0.2) is 25.9 Å². The Bertz CT molecular complexity index is 846. The number of benzene rings is 2. The fourth-order valence-corrected chi connectivity index (χ4v) is 2.60. The van der Waals surface area contributed by atoms with E-state index < -0.39 is 28.9 Å². The molecule has 0 heterocycles. The van der Waals surface area contributed by atoms with Crippen molar-refractivity contribution in [3.63, 3.8) is 0 Å². The Morgan fingerprint density at radius 1 is 0.885 bits per heavy atom. The maximum atomic E-state index is 13.3. The van der Waals surface area contributed by atoms with Crippen molar-refractivity contribution in [2.75, 3.05) is 29.6 Å². The molecule has 0 atom stereocenters. The largest absolute Gasteiger partial charge is 0.378 e. The van der Waals surface area contributed by atoms with E-state index in [1.165, 1.54) is 6.07 Å². The first-order chi connectivity index (χ1) is 12.3. The zero-order valence-corrected chi connectivity index (χ0v) is 14.5. The van der Waals surface area contributed by atoms with Crippen molar-refractivity contribution in [2.24, 2.45) is 5.41 Å². The van der Waals surface area contributed by atoms with Gasteiger partial charge in [-0.05, 0) is 49.2 Å². The smallest absolute Gasteiger partial charge is 0.240 e. The highest BCUT2D eigenvalue weighted by Gasteiger charge is 2.56. The Balaban J connectivity index is 1.68. The molecule has 0 spiro atoms. The third kappa shape index (κ3) is 3.51.